The topological polar surface area (TPSA) is 67.6 Å². The summed E-state index contributed by atoms with van der Waals surface area (Å²) in [6.45, 7) is 8.68. The molecular weight excluding hydrogens is 318 g/mol. The number of rotatable bonds is 6. The number of fused-ring (bicyclic) bond motifs is 1. The van der Waals surface area contributed by atoms with Gasteiger partial charge in [0.15, 0.2) is 5.69 Å². The Balaban J connectivity index is 1.85. The van der Waals surface area contributed by atoms with Gasteiger partial charge in [-0.3, -0.25) is 9.58 Å². The first-order valence-electron chi connectivity index (χ1n) is 8.49. The summed E-state index contributed by atoms with van der Waals surface area (Å²) in [6, 6.07) is 7.26. The highest BCUT2D eigenvalue weighted by atomic mass is 16.5. The lowest BCUT2D eigenvalue weighted by atomic mass is 10.0. The minimum atomic E-state index is -0.374. The van der Waals surface area contributed by atoms with Crippen molar-refractivity contribution in [2.75, 3.05) is 13.2 Å². The number of aromatic hydroxyl groups is 1. The van der Waals surface area contributed by atoms with Crippen LogP contribution in [-0.2, 0) is 30.8 Å². The first-order chi connectivity index (χ1) is 12.1. The minimum absolute atomic E-state index is 0.265. The van der Waals surface area contributed by atoms with Crippen molar-refractivity contribution in [3.8, 4) is 5.75 Å². The van der Waals surface area contributed by atoms with Gasteiger partial charge in [-0.25, -0.2) is 4.79 Å². The number of carbonyl (C=O) groups is 1. The van der Waals surface area contributed by atoms with Crippen LogP contribution < -0.4 is 0 Å². The lowest BCUT2D eigenvalue weighted by molar-refractivity contribution is 0.0515. The SMILES string of the molecule is C=CCn1nc(C(=O)OCC)c2c1CCN(Cc1cccc(O)c1)C2. The van der Waals surface area contributed by atoms with Gasteiger partial charge in [0, 0.05) is 37.3 Å². The Hall–Kier alpha value is -2.60. The van der Waals surface area contributed by atoms with E-state index in [1.54, 1.807) is 25.1 Å². The van der Waals surface area contributed by atoms with E-state index in [1.807, 2.05) is 16.8 Å². The molecule has 0 unspecified atom stereocenters. The molecule has 6 nitrogen and oxygen atoms in total. The summed E-state index contributed by atoms with van der Waals surface area (Å²) in [4.78, 5) is 14.5. The molecule has 25 heavy (non-hydrogen) atoms. The third kappa shape index (κ3) is 3.74. The van der Waals surface area contributed by atoms with E-state index in [-0.39, 0.29) is 11.7 Å². The van der Waals surface area contributed by atoms with E-state index in [0.717, 1.165) is 29.8 Å². The van der Waals surface area contributed by atoms with Gasteiger partial charge in [-0.1, -0.05) is 18.2 Å². The number of carbonyl (C=O) groups excluding carboxylic acids is 1. The fourth-order valence-corrected chi connectivity index (χ4v) is 3.23. The van der Waals surface area contributed by atoms with E-state index >= 15 is 0 Å². The van der Waals surface area contributed by atoms with Crippen LogP contribution in [0.25, 0.3) is 0 Å². The molecule has 0 bridgehead atoms. The number of phenols is 1. The maximum Gasteiger partial charge on any atom is 0.359 e. The first kappa shape index (κ1) is 17.2. The Morgan fingerprint density at radius 1 is 1.48 bits per heavy atom. The number of ether oxygens (including phenoxy) is 1. The lowest BCUT2D eigenvalue weighted by Gasteiger charge is -2.27. The number of phenolic OH excluding ortho intramolecular Hbond substituents is 1. The van der Waals surface area contributed by atoms with Crippen LogP contribution in [0.3, 0.4) is 0 Å². The smallest absolute Gasteiger partial charge is 0.359 e. The van der Waals surface area contributed by atoms with Crippen LogP contribution in [0.2, 0.25) is 0 Å². The monoisotopic (exact) mass is 341 g/mol. The maximum atomic E-state index is 12.3. The molecule has 1 aliphatic rings. The molecule has 0 saturated heterocycles. The predicted molar refractivity (Wildman–Crippen MR) is 94.3 cm³/mol. The van der Waals surface area contributed by atoms with Gasteiger partial charge >= 0.3 is 5.97 Å². The van der Waals surface area contributed by atoms with Crippen molar-refractivity contribution in [3.05, 3.63) is 59.4 Å². The molecule has 2 heterocycles. The maximum absolute atomic E-state index is 12.3. The number of aromatic nitrogens is 2. The van der Waals surface area contributed by atoms with E-state index in [9.17, 15) is 9.90 Å². The summed E-state index contributed by atoms with van der Waals surface area (Å²) >= 11 is 0. The van der Waals surface area contributed by atoms with E-state index in [0.29, 0.717) is 31.9 Å². The molecule has 0 spiro atoms. The molecule has 1 aromatic carbocycles. The van der Waals surface area contributed by atoms with Crippen LogP contribution in [0, 0.1) is 0 Å². The highest BCUT2D eigenvalue weighted by Crippen LogP contribution is 2.25. The Bertz CT molecular complexity index is 782. The van der Waals surface area contributed by atoms with Crippen molar-refractivity contribution in [2.24, 2.45) is 0 Å². The molecule has 0 saturated carbocycles. The van der Waals surface area contributed by atoms with Crippen molar-refractivity contribution in [1.82, 2.24) is 14.7 Å². The molecule has 0 atom stereocenters. The molecule has 2 aromatic rings. The second-order valence-corrected chi connectivity index (χ2v) is 6.10. The Kier molecular flexibility index (Phi) is 5.19. The number of nitrogens with zero attached hydrogens (tertiary/aromatic N) is 3. The summed E-state index contributed by atoms with van der Waals surface area (Å²) < 4.78 is 7.01. The van der Waals surface area contributed by atoms with Crippen molar-refractivity contribution in [3.63, 3.8) is 0 Å². The Morgan fingerprint density at radius 3 is 3.04 bits per heavy atom. The van der Waals surface area contributed by atoms with Crippen molar-refractivity contribution in [1.29, 1.82) is 0 Å². The molecule has 0 amide bonds. The number of hydrogen-bond donors (Lipinski definition) is 1. The van der Waals surface area contributed by atoms with E-state index < -0.39 is 0 Å². The third-order valence-electron chi connectivity index (χ3n) is 4.30. The summed E-state index contributed by atoms with van der Waals surface area (Å²) in [5.74, 6) is -0.109. The van der Waals surface area contributed by atoms with Gasteiger partial charge in [-0.15, -0.1) is 6.58 Å². The van der Waals surface area contributed by atoms with Crippen molar-refractivity contribution >= 4 is 5.97 Å². The number of esters is 1. The second-order valence-electron chi connectivity index (χ2n) is 6.10. The van der Waals surface area contributed by atoms with Crippen LogP contribution >= 0.6 is 0 Å². The molecule has 1 aliphatic heterocycles. The first-order valence-corrected chi connectivity index (χ1v) is 8.49. The average molecular weight is 341 g/mol. The fourth-order valence-electron chi connectivity index (χ4n) is 3.23. The van der Waals surface area contributed by atoms with Crippen molar-refractivity contribution < 1.29 is 14.6 Å². The quantitative estimate of drug-likeness (QED) is 0.646. The van der Waals surface area contributed by atoms with E-state index in [1.165, 1.54) is 0 Å². The molecule has 1 aromatic heterocycles. The molecule has 0 radical (unpaired) electrons. The molecular formula is C19H23N3O3. The average Bonchev–Trinajstić information content (AvgIpc) is 2.94. The van der Waals surface area contributed by atoms with Crippen LogP contribution in [0.5, 0.6) is 5.75 Å². The zero-order valence-corrected chi connectivity index (χ0v) is 14.4. The normalized spacial score (nSPS) is 14.1. The van der Waals surface area contributed by atoms with Gasteiger partial charge < -0.3 is 9.84 Å². The molecule has 3 rings (SSSR count). The highest BCUT2D eigenvalue weighted by molar-refractivity contribution is 5.89. The standard InChI is InChI=1S/C19H23N3O3/c1-3-9-22-17-8-10-21(12-14-6-5-7-15(23)11-14)13-16(17)18(20-22)19(24)25-4-2/h3,5-7,11,23H,1,4,8-10,12-13H2,2H3. The van der Waals surface area contributed by atoms with Crippen LogP contribution in [0.4, 0.5) is 0 Å². The second kappa shape index (κ2) is 7.53. The highest BCUT2D eigenvalue weighted by Gasteiger charge is 2.28. The van der Waals surface area contributed by atoms with Gasteiger partial charge in [0.2, 0.25) is 0 Å². The zero-order valence-electron chi connectivity index (χ0n) is 14.4. The summed E-state index contributed by atoms with van der Waals surface area (Å²) in [6.07, 6.45) is 2.59. The van der Waals surface area contributed by atoms with E-state index in [4.69, 9.17) is 4.74 Å². The molecule has 0 aliphatic carbocycles. The van der Waals surface area contributed by atoms with Gasteiger partial charge in [-0.05, 0) is 24.6 Å². The Morgan fingerprint density at radius 2 is 2.32 bits per heavy atom. The molecule has 1 N–H and O–H groups in total. The zero-order chi connectivity index (χ0) is 17.8. The lowest BCUT2D eigenvalue weighted by Crippen LogP contribution is -2.31. The molecule has 0 fully saturated rings. The Labute approximate surface area is 147 Å². The van der Waals surface area contributed by atoms with Crippen LogP contribution in [0.15, 0.2) is 36.9 Å². The predicted octanol–water partition coefficient (Wildman–Crippen LogP) is 2.51. The molecule has 132 valence electrons. The number of allylic oxidation sites excluding steroid dienone is 1. The number of benzene rings is 1. The van der Waals surface area contributed by atoms with Gasteiger partial charge in [0.25, 0.3) is 0 Å². The largest absolute Gasteiger partial charge is 0.508 e. The number of hydrogen-bond acceptors (Lipinski definition) is 5. The van der Waals surface area contributed by atoms with Gasteiger partial charge in [-0.2, -0.15) is 5.10 Å². The summed E-state index contributed by atoms with van der Waals surface area (Å²) in [5.41, 5.74) is 3.46. The van der Waals surface area contributed by atoms with Crippen molar-refractivity contribution in [2.45, 2.75) is 33.0 Å². The van der Waals surface area contributed by atoms with Crippen LogP contribution in [0.1, 0.15) is 34.2 Å². The minimum Gasteiger partial charge on any atom is -0.508 e. The molecule has 6 heteroatoms. The third-order valence-corrected chi connectivity index (χ3v) is 4.30. The van der Waals surface area contributed by atoms with Crippen LogP contribution in [-0.4, -0.2) is 38.9 Å². The fraction of sp³-hybridized carbons (Fsp3) is 0.368. The van der Waals surface area contributed by atoms with E-state index in [2.05, 4.69) is 16.6 Å². The summed E-state index contributed by atoms with van der Waals surface area (Å²) in [7, 11) is 0. The summed E-state index contributed by atoms with van der Waals surface area (Å²) in [5, 5.41) is 14.1. The van der Waals surface area contributed by atoms with Gasteiger partial charge in [0.1, 0.15) is 5.75 Å². The van der Waals surface area contributed by atoms with Gasteiger partial charge in [0.05, 0.1) is 13.2 Å².